The van der Waals surface area contributed by atoms with E-state index in [4.69, 9.17) is 0 Å². The van der Waals surface area contributed by atoms with Crippen LogP contribution < -0.4 is 5.32 Å². The predicted octanol–water partition coefficient (Wildman–Crippen LogP) is 4.25. The second-order valence-electron chi connectivity index (χ2n) is 5.19. The minimum absolute atomic E-state index is 0.165. The summed E-state index contributed by atoms with van der Waals surface area (Å²) >= 11 is 5.42. The van der Waals surface area contributed by atoms with Gasteiger partial charge in [-0.3, -0.25) is 0 Å². The third kappa shape index (κ3) is 4.47. The van der Waals surface area contributed by atoms with E-state index in [-0.39, 0.29) is 5.82 Å². The van der Waals surface area contributed by atoms with Crippen molar-refractivity contribution < 1.29 is 4.39 Å². The molecule has 1 atom stereocenters. The maximum Gasteiger partial charge on any atom is 0.137 e. The smallest absolute Gasteiger partial charge is 0.137 e. The number of hydrogen-bond donors (Lipinski definition) is 1. The Balaban J connectivity index is 1.96. The normalized spacial score (nSPS) is 18.5. The lowest BCUT2D eigenvalue weighted by atomic mass is 9.91. The molecular weight excluding hydrogens is 325 g/mol. The third-order valence-corrected chi connectivity index (χ3v) is 5.80. The van der Waals surface area contributed by atoms with Crippen LogP contribution in [0.4, 0.5) is 4.39 Å². The summed E-state index contributed by atoms with van der Waals surface area (Å²) in [4.78, 5) is 0. The first-order valence-corrected chi connectivity index (χ1v) is 8.83. The van der Waals surface area contributed by atoms with Gasteiger partial charge in [-0.2, -0.15) is 11.8 Å². The van der Waals surface area contributed by atoms with Crippen LogP contribution in [-0.2, 0) is 6.42 Å². The maximum atomic E-state index is 13.5. The number of benzene rings is 1. The van der Waals surface area contributed by atoms with Crippen LogP contribution in [0.2, 0.25) is 0 Å². The van der Waals surface area contributed by atoms with Crippen molar-refractivity contribution in [3.05, 3.63) is 34.1 Å². The minimum Gasteiger partial charge on any atom is -0.317 e. The second-order valence-corrected chi connectivity index (χ2v) is 7.21. The third-order valence-electron chi connectivity index (χ3n) is 3.86. The van der Waals surface area contributed by atoms with Crippen molar-refractivity contribution in [3.63, 3.8) is 0 Å². The summed E-state index contributed by atoms with van der Waals surface area (Å²) in [6.07, 6.45) is 4.73. The second kappa shape index (κ2) is 7.65. The first-order valence-electron chi connectivity index (χ1n) is 6.88. The van der Waals surface area contributed by atoms with Gasteiger partial charge in [-0.1, -0.05) is 12.1 Å². The Morgan fingerprint density at radius 2 is 2.16 bits per heavy atom. The van der Waals surface area contributed by atoms with Gasteiger partial charge < -0.3 is 5.32 Å². The van der Waals surface area contributed by atoms with Crippen LogP contribution in [0.1, 0.15) is 24.8 Å². The fraction of sp³-hybridized carbons (Fsp3) is 0.600. The van der Waals surface area contributed by atoms with Gasteiger partial charge in [0.15, 0.2) is 0 Å². The molecule has 1 aromatic rings. The van der Waals surface area contributed by atoms with E-state index in [1.54, 1.807) is 6.07 Å². The van der Waals surface area contributed by atoms with E-state index < -0.39 is 0 Å². The van der Waals surface area contributed by atoms with Gasteiger partial charge in [0.05, 0.1) is 4.47 Å². The van der Waals surface area contributed by atoms with Gasteiger partial charge in [-0.05, 0) is 77.7 Å². The SMILES string of the molecule is CNC(Cc1cccc(F)c1Br)CC1CCSCC1. The zero-order valence-corrected chi connectivity index (χ0v) is 13.7. The molecule has 0 amide bonds. The number of rotatable bonds is 5. The molecule has 2 rings (SSSR count). The average molecular weight is 346 g/mol. The van der Waals surface area contributed by atoms with Crippen LogP contribution in [-0.4, -0.2) is 24.6 Å². The molecule has 1 N–H and O–H groups in total. The lowest BCUT2D eigenvalue weighted by Crippen LogP contribution is -2.31. The van der Waals surface area contributed by atoms with Crippen LogP contribution >= 0.6 is 27.7 Å². The van der Waals surface area contributed by atoms with Crippen molar-refractivity contribution in [2.24, 2.45) is 5.92 Å². The van der Waals surface area contributed by atoms with Crippen LogP contribution in [0.5, 0.6) is 0 Å². The first-order chi connectivity index (χ1) is 9.20. The van der Waals surface area contributed by atoms with Gasteiger partial charge in [0.1, 0.15) is 5.82 Å². The summed E-state index contributed by atoms with van der Waals surface area (Å²) in [5.74, 6) is 3.25. The summed E-state index contributed by atoms with van der Waals surface area (Å²) in [6, 6.07) is 5.74. The summed E-state index contributed by atoms with van der Waals surface area (Å²) in [5, 5.41) is 3.39. The van der Waals surface area contributed by atoms with Crippen LogP contribution in [0.3, 0.4) is 0 Å². The minimum atomic E-state index is -0.165. The van der Waals surface area contributed by atoms with E-state index >= 15 is 0 Å². The van der Waals surface area contributed by atoms with Gasteiger partial charge in [0, 0.05) is 6.04 Å². The predicted molar refractivity (Wildman–Crippen MR) is 85.3 cm³/mol. The van der Waals surface area contributed by atoms with Gasteiger partial charge >= 0.3 is 0 Å². The zero-order valence-electron chi connectivity index (χ0n) is 11.3. The molecule has 1 nitrogen and oxygen atoms in total. The quantitative estimate of drug-likeness (QED) is 0.855. The molecule has 1 aromatic carbocycles. The molecule has 0 aromatic heterocycles. The molecule has 1 aliphatic heterocycles. The molecule has 0 bridgehead atoms. The Morgan fingerprint density at radius 1 is 1.42 bits per heavy atom. The fourth-order valence-corrected chi connectivity index (χ4v) is 4.29. The van der Waals surface area contributed by atoms with Gasteiger partial charge in [0.2, 0.25) is 0 Å². The Hall–Kier alpha value is -0.0600. The first kappa shape index (κ1) is 15.3. The summed E-state index contributed by atoms with van der Waals surface area (Å²) in [7, 11) is 2.01. The topological polar surface area (TPSA) is 12.0 Å². The van der Waals surface area contributed by atoms with Crippen molar-refractivity contribution in [2.75, 3.05) is 18.6 Å². The molecular formula is C15H21BrFNS. The molecule has 4 heteroatoms. The molecule has 0 radical (unpaired) electrons. The molecule has 19 heavy (non-hydrogen) atoms. The Labute approximate surface area is 127 Å². The number of thioether (sulfide) groups is 1. The number of nitrogens with one attached hydrogen (secondary N) is 1. The average Bonchev–Trinajstić information content (AvgIpc) is 2.44. The number of likely N-dealkylation sites (N-methyl/N-ethyl adjacent to an activating group) is 1. The molecule has 0 spiro atoms. The molecule has 0 aliphatic carbocycles. The van der Waals surface area contributed by atoms with Gasteiger partial charge in [-0.25, -0.2) is 4.39 Å². The molecule has 106 valence electrons. The molecule has 1 unspecified atom stereocenters. The molecule has 1 aliphatic rings. The highest BCUT2D eigenvalue weighted by Crippen LogP contribution is 2.28. The standard InChI is InChI=1S/C15H21BrFNS/c1-18-13(9-11-5-7-19-8-6-11)10-12-3-2-4-14(17)15(12)16/h2-4,11,13,18H,5-10H2,1H3. The summed E-state index contributed by atoms with van der Waals surface area (Å²) in [5.41, 5.74) is 1.06. The zero-order chi connectivity index (χ0) is 13.7. The van der Waals surface area contributed by atoms with E-state index in [0.717, 1.165) is 17.9 Å². The van der Waals surface area contributed by atoms with Crippen molar-refractivity contribution in [3.8, 4) is 0 Å². The maximum absolute atomic E-state index is 13.5. The monoisotopic (exact) mass is 345 g/mol. The largest absolute Gasteiger partial charge is 0.317 e. The van der Waals surface area contributed by atoms with Gasteiger partial charge in [0.25, 0.3) is 0 Å². The van der Waals surface area contributed by atoms with Crippen molar-refractivity contribution in [2.45, 2.75) is 31.7 Å². The van der Waals surface area contributed by atoms with Crippen LogP contribution in [0.15, 0.2) is 22.7 Å². The lowest BCUT2D eigenvalue weighted by molar-refractivity contribution is 0.375. The van der Waals surface area contributed by atoms with Crippen molar-refractivity contribution >= 4 is 27.7 Å². The molecule has 1 heterocycles. The van der Waals surface area contributed by atoms with Crippen molar-refractivity contribution in [1.29, 1.82) is 0 Å². The summed E-state index contributed by atoms with van der Waals surface area (Å²) < 4.78 is 14.1. The van der Waals surface area contributed by atoms with Crippen LogP contribution in [0, 0.1) is 11.7 Å². The summed E-state index contributed by atoms with van der Waals surface area (Å²) in [6.45, 7) is 0. The number of hydrogen-bond acceptors (Lipinski definition) is 2. The lowest BCUT2D eigenvalue weighted by Gasteiger charge is -2.26. The highest BCUT2D eigenvalue weighted by atomic mass is 79.9. The Bertz CT molecular complexity index is 407. The van der Waals surface area contributed by atoms with E-state index in [1.807, 2.05) is 13.1 Å². The molecule has 1 fully saturated rings. The highest BCUT2D eigenvalue weighted by Gasteiger charge is 2.19. The fourth-order valence-electron chi connectivity index (χ4n) is 2.66. The van der Waals surface area contributed by atoms with Gasteiger partial charge in [-0.15, -0.1) is 0 Å². The van der Waals surface area contributed by atoms with Crippen molar-refractivity contribution in [1.82, 2.24) is 5.32 Å². The van der Waals surface area contributed by atoms with Crippen LogP contribution in [0.25, 0.3) is 0 Å². The van der Waals surface area contributed by atoms with E-state index in [9.17, 15) is 4.39 Å². The van der Waals surface area contributed by atoms with E-state index in [2.05, 4.69) is 33.0 Å². The number of halogens is 2. The van der Waals surface area contributed by atoms with E-state index in [0.29, 0.717) is 10.5 Å². The van der Waals surface area contributed by atoms with E-state index in [1.165, 1.54) is 36.8 Å². The Kier molecular flexibility index (Phi) is 6.17. The highest BCUT2D eigenvalue weighted by molar-refractivity contribution is 9.10. The Morgan fingerprint density at radius 3 is 2.84 bits per heavy atom. The molecule has 1 saturated heterocycles. The molecule has 0 saturated carbocycles.